The van der Waals surface area contributed by atoms with Crippen LogP contribution < -0.4 is 0 Å². The van der Waals surface area contributed by atoms with E-state index in [9.17, 15) is 0 Å². The summed E-state index contributed by atoms with van der Waals surface area (Å²) in [6.45, 7) is 0. The van der Waals surface area contributed by atoms with Crippen LogP contribution in [0.4, 0.5) is 0 Å². The molecule has 0 aliphatic heterocycles. The van der Waals surface area contributed by atoms with E-state index >= 15 is 0 Å². The molecular formula is C11H15ClN2. The molecule has 0 amide bonds. The van der Waals surface area contributed by atoms with Crippen LogP contribution in [0.1, 0.15) is 25.1 Å². The Bertz CT molecular complexity index is 299. The fourth-order valence-corrected chi connectivity index (χ4v) is 3.66. The average molecular weight is 211 g/mol. The molecule has 1 heterocycles. The number of hydrogen-bond acceptors (Lipinski definition) is 1. The molecule has 0 spiro atoms. The summed E-state index contributed by atoms with van der Waals surface area (Å²) in [6, 6.07) is 0. The highest BCUT2D eigenvalue weighted by Gasteiger charge is 2.55. The van der Waals surface area contributed by atoms with Gasteiger partial charge in [0.05, 0.1) is 0 Å². The van der Waals surface area contributed by atoms with Crippen molar-refractivity contribution in [3.63, 3.8) is 0 Å². The monoisotopic (exact) mass is 210 g/mol. The van der Waals surface area contributed by atoms with Gasteiger partial charge in [0.15, 0.2) is 0 Å². The number of hydrogen-bond donors (Lipinski definition) is 1. The fraction of sp³-hybridized carbons (Fsp3) is 0.727. The number of aromatic nitrogens is 2. The van der Waals surface area contributed by atoms with Crippen LogP contribution in [0.5, 0.6) is 0 Å². The molecule has 3 unspecified atom stereocenters. The van der Waals surface area contributed by atoms with Crippen molar-refractivity contribution in [1.82, 2.24) is 9.97 Å². The van der Waals surface area contributed by atoms with Crippen molar-refractivity contribution >= 4 is 11.6 Å². The highest BCUT2D eigenvalue weighted by Crippen LogP contribution is 2.60. The number of H-pyrrole nitrogens is 1. The minimum atomic E-state index is 0.302. The first-order valence-electron chi connectivity index (χ1n) is 5.48. The molecule has 2 nitrogen and oxygen atoms in total. The summed E-state index contributed by atoms with van der Waals surface area (Å²) in [6.07, 6.45) is 8.83. The van der Waals surface area contributed by atoms with Crippen LogP contribution >= 0.6 is 11.6 Å². The lowest BCUT2D eigenvalue weighted by molar-refractivity contribution is 0.553. The predicted molar refractivity (Wildman–Crippen MR) is 56.3 cm³/mol. The maximum atomic E-state index is 6.41. The lowest BCUT2D eigenvalue weighted by Gasteiger charge is -2.09. The summed E-state index contributed by atoms with van der Waals surface area (Å²) in [4.78, 5) is 7.34. The summed E-state index contributed by atoms with van der Waals surface area (Å²) in [7, 11) is 0. The predicted octanol–water partition coefficient (Wildman–Crippen LogP) is 2.61. The van der Waals surface area contributed by atoms with E-state index < -0.39 is 0 Å². The van der Waals surface area contributed by atoms with Gasteiger partial charge in [-0.1, -0.05) is 6.42 Å². The molecule has 14 heavy (non-hydrogen) atoms. The van der Waals surface area contributed by atoms with Crippen molar-refractivity contribution in [3.05, 3.63) is 18.2 Å². The Morgan fingerprint density at radius 2 is 2.29 bits per heavy atom. The lowest BCUT2D eigenvalue weighted by Crippen LogP contribution is -2.10. The second-order valence-corrected chi connectivity index (χ2v) is 5.15. The molecule has 0 bridgehead atoms. The van der Waals surface area contributed by atoms with Crippen molar-refractivity contribution in [2.24, 2.45) is 17.8 Å². The Labute approximate surface area is 89.1 Å². The number of imidazole rings is 1. The fourth-order valence-electron chi connectivity index (χ4n) is 3.14. The minimum Gasteiger partial charge on any atom is -0.349 e. The summed E-state index contributed by atoms with van der Waals surface area (Å²) in [5.41, 5.74) is 0. The van der Waals surface area contributed by atoms with Crippen LogP contribution in [-0.2, 0) is 6.42 Å². The van der Waals surface area contributed by atoms with E-state index in [1.54, 1.807) is 6.20 Å². The molecule has 1 aromatic rings. The Hall–Kier alpha value is -0.500. The quantitative estimate of drug-likeness (QED) is 0.764. The zero-order valence-corrected chi connectivity index (χ0v) is 8.87. The first kappa shape index (κ1) is 8.78. The van der Waals surface area contributed by atoms with Crippen LogP contribution in [0, 0.1) is 17.8 Å². The normalized spacial score (nSPS) is 36.8. The van der Waals surface area contributed by atoms with E-state index in [-0.39, 0.29) is 0 Å². The van der Waals surface area contributed by atoms with Crippen LogP contribution in [0.25, 0.3) is 0 Å². The number of halogens is 1. The van der Waals surface area contributed by atoms with Crippen molar-refractivity contribution in [2.45, 2.75) is 31.1 Å². The molecule has 3 atom stereocenters. The van der Waals surface area contributed by atoms with Gasteiger partial charge in [0, 0.05) is 24.2 Å². The van der Waals surface area contributed by atoms with E-state index in [2.05, 4.69) is 9.97 Å². The molecule has 2 aliphatic rings. The van der Waals surface area contributed by atoms with E-state index in [0.717, 1.165) is 30.0 Å². The van der Waals surface area contributed by atoms with Crippen LogP contribution in [0.3, 0.4) is 0 Å². The van der Waals surface area contributed by atoms with Gasteiger partial charge in [0.2, 0.25) is 0 Å². The molecule has 3 heteroatoms. The number of rotatable bonds is 3. The molecule has 2 saturated carbocycles. The Morgan fingerprint density at radius 3 is 2.93 bits per heavy atom. The summed E-state index contributed by atoms with van der Waals surface area (Å²) in [5.74, 6) is 3.73. The molecule has 0 saturated heterocycles. The standard InChI is InChI=1S/C11H15ClN2/c12-9(6-10-13-4-5-14-10)11-7-2-1-3-8(7)11/h4-5,7-9,11H,1-3,6H2,(H,13,14). The zero-order valence-electron chi connectivity index (χ0n) is 8.12. The van der Waals surface area contributed by atoms with E-state index in [1.165, 1.54) is 19.3 Å². The molecule has 2 aliphatic carbocycles. The van der Waals surface area contributed by atoms with Crippen LogP contribution in [0.15, 0.2) is 12.4 Å². The summed E-state index contributed by atoms with van der Waals surface area (Å²) < 4.78 is 0. The van der Waals surface area contributed by atoms with E-state index in [1.807, 2.05) is 6.20 Å². The van der Waals surface area contributed by atoms with Gasteiger partial charge in [0.1, 0.15) is 5.82 Å². The van der Waals surface area contributed by atoms with E-state index in [4.69, 9.17) is 11.6 Å². The van der Waals surface area contributed by atoms with E-state index in [0.29, 0.717) is 5.38 Å². The maximum Gasteiger partial charge on any atom is 0.107 e. The third kappa shape index (κ3) is 1.36. The van der Waals surface area contributed by atoms with Gasteiger partial charge in [-0.25, -0.2) is 4.98 Å². The van der Waals surface area contributed by atoms with Crippen LogP contribution in [0.2, 0.25) is 0 Å². The Balaban J connectivity index is 1.59. The summed E-state index contributed by atoms with van der Waals surface area (Å²) in [5, 5.41) is 0.302. The molecular weight excluding hydrogens is 196 g/mol. The van der Waals surface area contributed by atoms with Crippen molar-refractivity contribution in [3.8, 4) is 0 Å². The lowest BCUT2D eigenvalue weighted by atomic mass is 10.1. The van der Waals surface area contributed by atoms with Crippen molar-refractivity contribution < 1.29 is 0 Å². The van der Waals surface area contributed by atoms with Gasteiger partial charge in [-0.3, -0.25) is 0 Å². The highest BCUT2D eigenvalue weighted by atomic mass is 35.5. The first-order chi connectivity index (χ1) is 6.86. The molecule has 2 fully saturated rings. The SMILES string of the molecule is ClC(Cc1ncc[nH]1)C1C2CCCC21. The van der Waals surface area contributed by atoms with Crippen LogP contribution in [-0.4, -0.2) is 15.3 Å². The van der Waals surface area contributed by atoms with Gasteiger partial charge >= 0.3 is 0 Å². The number of aromatic amines is 1. The van der Waals surface area contributed by atoms with Gasteiger partial charge in [-0.2, -0.15) is 0 Å². The summed E-state index contributed by atoms with van der Waals surface area (Å²) >= 11 is 6.41. The largest absolute Gasteiger partial charge is 0.349 e. The minimum absolute atomic E-state index is 0.302. The highest BCUT2D eigenvalue weighted by molar-refractivity contribution is 6.21. The average Bonchev–Trinajstić information content (AvgIpc) is 2.63. The van der Waals surface area contributed by atoms with Gasteiger partial charge < -0.3 is 4.98 Å². The number of nitrogens with one attached hydrogen (secondary N) is 1. The molecule has 1 aromatic heterocycles. The number of fused-ring (bicyclic) bond motifs is 1. The van der Waals surface area contributed by atoms with Gasteiger partial charge in [-0.15, -0.1) is 11.6 Å². The Morgan fingerprint density at radius 1 is 1.50 bits per heavy atom. The second kappa shape index (κ2) is 3.27. The first-order valence-corrected chi connectivity index (χ1v) is 5.92. The molecule has 76 valence electrons. The number of alkyl halides is 1. The van der Waals surface area contributed by atoms with Gasteiger partial charge in [0.25, 0.3) is 0 Å². The maximum absolute atomic E-state index is 6.41. The molecule has 0 aromatic carbocycles. The van der Waals surface area contributed by atoms with Gasteiger partial charge in [-0.05, 0) is 30.6 Å². The third-order valence-electron chi connectivity index (χ3n) is 3.83. The van der Waals surface area contributed by atoms with Crippen molar-refractivity contribution in [1.29, 1.82) is 0 Å². The zero-order chi connectivity index (χ0) is 9.54. The molecule has 3 rings (SSSR count). The smallest absolute Gasteiger partial charge is 0.107 e. The second-order valence-electron chi connectivity index (χ2n) is 4.59. The Kier molecular flexibility index (Phi) is 2.05. The topological polar surface area (TPSA) is 28.7 Å². The number of nitrogens with zero attached hydrogens (tertiary/aromatic N) is 1. The molecule has 0 radical (unpaired) electrons. The molecule has 1 N–H and O–H groups in total. The third-order valence-corrected chi connectivity index (χ3v) is 4.28. The van der Waals surface area contributed by atoms with Crippen molar-refractivity contribution in [2.75, 3.05) is 0 Å².